The minimum Gasteiger partial charge on any atom is -0.312 e. The Bertz CT molecular complexity index is 985. The van der Waals surface area contributed by atoms with E-state index in [1.165, 1.54) is 0 Å². The summed E-state index contributed by atoms with van der Waals surface area (Å²) in [7, 11) is 1.77. The highest BCUT2D eigenvalue weighted by Crippen LogP contribution is 2.36. The van der Waals surface area contributed by atoms with Crippen molar-refractivity contribution < 1.29 is 9.59 Å². The molecule has 4 rings (SSSR count). The third kappa shape index (κ3) is 3.00. The van der Waals surface area contributed by atoms with Crippen LogP contribution in [0.1, 0.15) is 57.1 Å². The van der Waals surface area contributed by atoms with Gasteiger partial charge >= 0.3 is 5.69 Å². The van der Waals surface area contributed by atoms with E-state index in [0.29, 0.717) is 12.3 Å². The van der Waals surface area contributed by atoms with E-state index in [2.05, 4.69) is 30.5 Å². The molecule has 2 fully saturated rings. The normalized spacial score (nSPS) is 25.6. The molecule has 2 amide bonds. The summed E-state index contributed by atoms with van der Waals surface area (Å²) in [5.74, 6) is -0.315. The first-order valence-electron chi connectivity index (χ1n) is 9.57. The topological polar surface area (TPSA) is 85.1 Å². The fourth-order valence-corrected chi connectivity index (χ4v) is 4.67. The van der Waals surface area contributed by atoms with Crippen molar-refractivity contribution in [1.82, 2.24) is 19.8 Å². The van der Waals surface area contributed by atoms with E-state index in [0.717, 1.165) is 36.0 Å². The molecular formula is C20H26N4O3. The number of hydrogen-bond donors (Lipinski definition) is 2. The number of amides is 2. The number of nitrogens with one attached hydrogen (secondary N) is 2. The molecule has 0 saturated carbocycles. The number of imidazole rings is 1. The molecule has 2 saturated heterocycles. The van der Waals surface area contributed by atoms with Crippen molar-refractivity contribution in [3.05, 3.63) is 34.2 Å². The van der Waals surface area contributed by atoms with Gasteiger partial charge in [-0.05, 0) is 57.2 Å². The zero-order valence-electron chi connectivity index (χ0n) is 16.0. The molecule has 1 aromatic heterocycles. The first-order valence-corrected chi connectivity index (χ1v) is 9.57. The number of carbonyl (C=O) groups is 2. The second kappa shape index (κ2) is 6.34. The number of para-hydroxylation sites is 1. The third-order valence-electron chi connectivity index (χ3n) is 5.95. The van der Waals surface area contributed by atoms with E-state index < -0.39 is 11.9 Å². The van der Waals surface area contributed by atoms with Crippen molar-refractivity contribution in [3.8, 4) is 0 Å². The molecule has 2 N–H and O–H groups in total. The number of piperidine rings is 2. The van der Waals surface area contributed by atoms with E-state index in [1.54, 1.807) is 16.2 Å². The first-order chi connectivity index (χ1) is 12.8. The van der Waals surface area contributed by atoms with Crippen LogP contribution in [-0.4, -0.2) is 33.0 Å². The van der Waals surface area contributed by atoms with Crippen LogP contribution in [0.3, 0.4) is 0 Å². The van der Waals surface area contributed by atoms with Crippen LogP contribution < -0.4 is 16.3 Å². The second-order valence-corrected chi connectivity index (χ2v) is 8.39. The summed E-state index contributed by atoms with van der Waals surface area (Å²) in [5.41, 5.74) is 2.67. The SMILES string of the molecule is Cn1c(=O)n(C2CCC(=O)NC2=O)c2cccc([C@@H]3CCNC(C)(C)C3)c21. The largest absolute Gasteiger partial charge is 0.329 e. The van der Waals surface area contributed by atoms with Gasteiger partial charge in [0.1, 0.15) is 6.04 Å². The number of carbonyl (C=O) groups excluding carboxylic acids is 2. The molecule has 1 aromatic carbocycles. The van der Waals surface area contributed by atoms with Crippen LogP contribution in [0.5, 0.6) is 0 Å². The number of imide groups is 1. The molecule has 0 spiro atoms. The van der Waals surface area contributed by atoms with Gasteiger partial charge in [0.2, 0.25) is 11.8 Å². The van der Waals surface area contributed by atoms with E-state index >= 15 is 0 Å². The van der Waals surface area contributed by atoms with Gasteiger partial charge in [-0.2, -0.15) is 0 Å². The monoisotopic (exact) mass is 370 g/mol. The minimum atomic E-state index is -0.640. The lowest BCUT2D eigenvalue weighted by molar-refractivity contribution is -0.135. The molecule has 0 bridgehead atoms. The van der Waals surface area contributed by atoms with Crippen molar-refractivity contribution >= 4 is 22.8 Å². The minimum absolute atomic E-state index is 0.0517. The van der Waals surface area contributed by atoms with Gasteiger partial charge in [0.15, 0.2) is 0 Å². The Morgan fingerprint density at radius 1 is 1.15 bits per heavy atom. The van der Waals surface area contributed by atoms with Gasteiger partial charge in [-0.25, -0.2) is 4.79 Å². The first kappa shape index (κ1) is 18.0. The Morgan fingerprint density at radius 3 is 2.63 bits per heavy atom. The fourth-order valence-electron chi connectivity index (χ4n) is 4.67. The highest BCUT2D eigenvalue weighted by molar-refractivity contribution is 6.00. The van der Waals surface area contributed by atoms with Crippen LogP contribution in [0.15, 0.2) is 23.0 Å². The average Bonchev–Trinajstić information content (AvgIpc) is 2.86. The predicted molar refractivity (Wildman–Crippen MR) is 103 cm³/mol. The summed E-state index contributed by atoms with van der Waals surface area (Å²) in [6.45, 7) is 5.34. The Balaban J connectivity index is 1.85. The van der Waals surface area contributed by atoms with Crippen LogP contribution in [0, 0.1) is 0 Å². The van der Waals surface area contributed by atoms with Crippen molar-refractivity contribution in [2.45, 2.75) is 57.0 Å². The van der Waals surface area contributed by atoms with E-state index in [4.69, 9.17) is 0 Å². The lowest BCUT2D eigenvalue weighted by Crippen LogP contribution is -2.45. The Hall–Kier alpha value is -2.41. The van der Waals surface area contributed by atoms with Crippen LogP contribution >= 0.6 is 0 Å². The number of nitrogens with zero attached hydrogens (tertiary/aromatic N) is 2. The zero-order chi connectivity index (χ0) is 19.3. The lowest BCUT2D eigenvalue weighted by Gasteiger charge is -2.37. The van der Waals surface area contributed by atoms with Gasteiger partial charge in [-0.3, -0.25) is 24.0 Å². The molecule has 27 heavy (non-hydrogen) atoms. The maximum absolute atomic E-state index is 13.0. The Labute approximate surface area is 157 Å². The second-order valence-electron chi connectivity index (χ2n) is 8.39. The third-order valence-corrected chi connectivity index (χ3v) is 5.95. The van der Waals surface area contributed by atoms with E-state index in [1.807, 2.05) is 12.1 Å². The van der Waals surface area contributed by atoms with Gasteiger partial charge in [0, 0.05) is 19.0 Å². The molecular weight excluding hydrogens is 344 g/mol. The summed E-state index contributed by atoms with van der Waals surface area (Å²) >= 11 is 0. The van der Waals surface area contributed by atoms with Crippen molar-refractivity contribution in [2.75, 3.05) is 6.54 Å². The fraction of sp³-hybridized carbons (Fsp3) is 0.550. The number of rotatable bonds is 2. The molecule has 144 valence electrons. The lowest BCUT2D eigenvalue weighted by atomic mass is 9.80. The van der Waals surface area contributed by atoms with Crippen LogP contribution in [0.25, 0.3) is 11.0 Å². The number of benzene rings is 1. The highest BCUT2D eigenvalue weighted by atomic mass is 16.2. The molecule has 7 heteroatoms. The zero-order valence-corrected chi connectivity index (χ0v) is 16.0. The van der Waals surface area contributed by atoms with Gasteiger partial charge in [0.05, 0.1) is 11.0 Å². The smallest absolute Gasteiger partial charge is 0.312 e. The van der Waals surface area contributed by atoms with Crippen LogP contribution in [-0.2, 0) is 16.6 Å². The number of aromatic nitrogens is 2. The molecule has 2 aliphatic heterocycles. The summed E-state index contributed by atoms with van der Waals surface area (Å²) < 4.78 is 3.22. The molecule has 2 aliphatic rings. The maximum atomic E-state index is 13.0. The van der Waals surface area contributed by atoms with Crippen molar-refractivity contribution in [3.63, 3.8) is 0 Å². The Kier molecular flexibility index (Phi) is 4.22. The summed E-state index contributed by atoms with van der Waals surface area (Å²) in [5, 5.41) is 5.90. The average molecular weight is 370 g/mol. The molecule has 0 aliphatic carbocycles. The molecule has 3 heterocycles. The number of aryl methyl sites for hydroxylation is 1. The van der Waals surface area contributed by atoms with Crippen molar-refractivity contribution in [2.24, 2.45) is 7.05 Å². The molecule has 1 unspecified atom stereocenters. The van der Waals surface area contributed by atoms with E-state index in [-0.39, 0.29) is 23.6 Å². The number of hydrogen-bond acceptors (Lipinski definition) is 4. The molecule has 2 atom stereocenters. The quantitative estimate of drug-likeness (QED) is 0.786. The predicted octanol–water partition coefficient (Wildman–Crippen LogP) is 1.56. The van der Waals surface area contributed by atoms with Gasteiger partial charge in [-0.15, -0.1) is 0 Å². The summed E-state index contributed by atoms with van der Waals surface area (Å²) in [6, 6.07) is 5.33. The summed E-state index contributed by atoms with van der Waals surface area (Å²) in [4.78, 5) is 36.9. The van der Waals surface area contributed by atoms with Crippen LogP contribution in [0.4, 0.5) is 0 Å². The highest BCUT2D eigenvalue weighted by Gasteiger charge is 2.33. The van der Waals surface area contributed by atoms with E-state index in [9.17, 15) is 14.4 Å². The van der Waals surface area contributed by atoms with Gasteiger partial charge in [0.25, 0.3) is 0 Å². The molecule has 0 radical (unpaired) electrons. The van der Waals surface area contributed by atoms with Crippen LogP contribution in [0.2, 0.25) is 0 Å². The van der Waals surface area contributed by atoms with Gasteiger partial charge in [-0.1, -0.05) is 12.1 Å². The number of fused-ring (bicyclic) bond motifs is 1. The molecule has 2 aromatic rings. The van der Waals surface area contributed by atoms with Crippen molar-refractivity contribution in [1.29, 1.82) is 0 Å². The summed E-state index contributed by atoms with van der Waals surface area (Å²) in [6.07, 6.45) is 2.61. The molecule has 7 nitrogen and oxygen atoms in total. The standard InChI is InChI=1S/C20H26N4O3/c1-20(2)11-12(9-10-21-20)13-5-4-6-14-17(13)23(3)19(27)24(14)15-7-8-16(25)22-18(15)26/h4-6,12,15,21H,7-11H2,1-3H3,(H,22,25,26)/t12-,15?/m1/s1. The van der Waals surface area contributed by atoms with Gasteiger partial charge < -0.3 is 5.32 Å². The maximum Gasteiger partial charge on any atom is 0.329 e. The Morgan fingerprint density at radius 2 is 1.93 bits per heavy atom.